The Morgan fingerprint density at radius 2 is 2.17 bits per heavy atom. The monoisotopic (exact) mass is 287 g/mol. The zero-order valence-electron chi connectivity index (χ0n) is 10.1. The predicted molar refractivity (Wildman–Crippen MR) is 72.2 cm³/mol. The zero-order valence-corrected chi connectivity index (χ0v) is 11.6. The second-order valence-electron chi connectivity index (χ2n) is 4.64. The summed E-state index contributed by atoms with van der Waals surface area (Å²) in [5.74, 6) is -0.813. The lowest BCUT2D eigenvalue weighted by Gasteiger charge is -2.28. The fraction of sp³-hybridized carbons (Fsp3) is 0.462. The first-order chi connectivity index (χ1) is 8.49. The van der Waals surface area contributed by atoms with Gasteiger partial charge in [-0.2, -0.15) is 0 Å². The van der Waals surface area contributed by atoms with Crippen LogP contribution >= 0.6 is 23.2 Å². The number of rotatable bonds is 5. The van der Waals surface area contributed by atoms with Gasteiger partial charge >= 0.3 is 5.97 Å². The number of halogens is 2. The van der Waals surface area contributed by atoms with Crippen LogP contribution in [0, 0.1) is 0 Å². The SMILES string of the molecule is CC(c1cc(Cl)ccc1Cl)N(CC(=O)O)C1CC1. The Hall–Kier alpha value is -0.770. The lowest BCUT2D eigenvalue weighted by atomic mass is 10.1. The van der Waals surface area contributed by atoms with Crippen LogP contribution in [-0.2, 0) is 4.79 Å². The van der Waals surface area contributed by atoms with Crippen molar-refractivity contribution in [3.63, 3.8) is 0 Å². The molecule has 1 aliphatic carbocycles. The Balaban J connectivity index is 2.23. The lowest BCUT2D eigenvalue weighted by molar-refractivity contribution is -0.139. The highest BCUT2D eigenvalue weighted by atomic mass is 35.5. The summed E-state index contributed by atoms with van der Waals surface area (Å²) in [6.45, 7) is 2.01. The van der Waals surface area contributed by atoms with Crippen LogP contribution in [0.2, 0.25) is 10.0 Å². The smallest absolute Gasteiger partial charge is 0.317 e. The molecule has 0 radical (unpaired) electrons. The van der Waals surface area contributed by atoms with Crippen LogP contribution < -0.4 is 0 Å². The molecule has 1 atom stereocenters. The van der Waals surface area contributed by atoms with Gasteiger partial charge in [-0.25, -0.2) is 0 Å². The molecule has 1 aliphatic rings. The molecule has 1 unspecified atom stereocenters. The topological polar surface area (TPSA) is 40.5 Å². The summed E-state index contributed by atoms with van der Waals surface area (Å²) in [7, 11) is 0. The standard InChI is InChI=1S/C13H15Cl2NO2/c1-8(11-6-9(14)2-5-12(11)15)16(7-13(17)18)10-3-4-10/h2,5-6,8,10H,3-4,7H2,1H3,(H,17,18). The number of carbonyl (C=O) groups is 1. The molecule has 5 heteroatoms. The van der Waals surface area contributed by atoms with Crippen molar-refractivity contribution < 1.29 is 9.90 Å². The fourth-order valence-corrected chi connectivity index (χ4v) is 2.61. The minimum Gasteiger partial charge on any atom is -0.480 e. The highest BCUT2D eigenvalue weighted by Crippen LogP contribution is 2.37. The number of hydrogen-bond donors (Lipinski definition) is 1. The van der Waals surface area contributed by atoms with Crippen LogP contribution in [0.25, 0.3) is 0 Å². The Bertz CT molecular complexity index is 460. The molecule has 98 valence electrons. The largest absolute Gasteiger partial charge is 0.480 e. The fourth-order valence-electron chi connectivity index (χ4n) is 2.16. The molecule has 0 amide bonds. The maximum Gasteiger partial charge on any atom is 0.317 e. The van der Waals surface area contributed by atoms with Gasteiger partial charge < -0.3 is 5.11 Å². The Kier molecular flexibility index (Phi) is 4.15. The van der Waals surface area contributed by atoms with E-state index in [-0.39, 0.29) is 12.6 Å². The van der Waals surface area contributed by atoms with Gasteiger partial charge in [0.25, 0.3) is 0 Å². The molecule has 2 rings (SSSR count). The van der Waals surface area contributed by atoms with E-state index in [1.807, 2.05) is 17.9 Å². The minimum atomic E-state index is -0.813. The Labute approximate surface area is 116 Å². The molecule has 0 spiro atoms. The lowest BCUT2D eigenvalue weighted by Crippen LogP contribution is -2.34. The van der Waals surface area contributed by atoms with Crippen molar-refractivity contribution >= 4 is 29.2 Å². The molecule has 1 fully saturated rings. The van der Waals surface area contributed by atoms with Crippen LogP contribution in [0.4, 0.5) is 0 Å². The van der Waals surface area contributed by atoms with Crippen LogP contribution in [-0.4, -0.2) is 28.6 Å². The van der Waals surface area contributed by atoms with E-state index < -0.39 is 5.97 Å². The Morgan fingerprint density at radius 1 is 1.50 bits per heavy atom. The summed E-state index contributed by atoms with van der Waals surface area (Å²) in [5.41, 5.74) is 0.886. The van der Waals surface area contributed by atoms with E-state index in [4.69, 9.17) is 28.3 Å². The first-order valence-electron chi connectivity index (χ1n) is 5.91. The summed E-state index contributed by atoms with van der Waals surface area (Å²) in [4.78, 5) is 12.9. The van der Waals surface area contributed by atoms with E-state index in [1.54, 1.807) is 12.1 Å². The van der Waals surface area contributed by atoms with Crippen molar-refractivity contribution in [2.75, 3.05) is 6.54 Å². The first-order valence-corrected chi connectivity index (χ1v) is 6.67. The van der Waals surface area contributed by atoms with Crippen molar-refractivity contribution in [2.45, 2.75) is 31.8 Å². The summed E-state index contributed by atoms with van der Waals surface area (Å²) in [5, 5.41) is 10.2. The molecular formula is C13H15Cl2NO2. The van der Waals surface area contributed by atoms with E-state index >= 15 is 0 Å². The average molecular weight is 288 g/mol. The molecule has 1 aromatic carbocycles. The second-order valence-corrected chi connectivity index (χ2v) is 5.48. The highest BCUT2D eigenvalue weighted by molar-refractivity contribution is 6.33. The number of nitrogens with zero attached hydrogens (tertiary/aromatic N) is 1. The highest BCUT2D eigenvalue weighted by Gasteiger charge is 2.34. The average Bonchev–Trinajstić information content (AvgIpc) is 3.12. The number of benzene rings is 1. The third-order valence-electron chi connectivity index (χ3n) is 3.24. The van der Waals surface area contributed by atoms with Gasteiger partial charge in [0.15, 0.2) is 0 Å². The number of carboxylic acid groups (broad SMARTS) is 1. The van der Waals surface area contributed by atoms with Crippen molar-refractivity contribution in [1.29, 1.82) is 0 Å². The third-order valence-corrected chi connectivity index (χ3v) is 3.82. The molecule has 0 aromatic heterocycles. The molecule has 0 aliphatic heterocycles. The van der Waals surface area contributed by atoms with Crippen LogP contribution in [0.3, 0.4) is 0 Å². The number of carboxylic acids is 1. The number of aliphatic carboxylic acids is 1. The predicted octanol–water partition coefficient (Wildman–Crippen LogP) is 3.60. The van der Waals surface area contributed by atoms with Gasteiger partial charge in [0, 0.05) is 22.1 Å². The van der Waals surface area contributed by atoms with E-state index in [1.165, 1.54) is 0 Å². The van der Waals surface area contributed by atoms with E-state index in [2.05, 4.69) is 0 Å². The van der Waals surface area contributed by atoms with Gasteiger partial charge in [0.2, 0.25) is 0 Å². The van der Waals surface area contributed by atoms with Crippen molar-refractivity contribution in [1.82, 2.24) is 4.90 Å². The van der Waals surface area contributed by atoms with Gasteiger partial charge in [-0.05, 0) is 43.5 Å². The maximum atomic E-state index is 10.9. The van der Waals surface area contributed by atoms with Crippen molar-refractivity contribution in [3.8, 4) is 0 Å². The van der Waals surface area contributed by atoms with E-state index in [0.717, 1.165) is 18.4 Å². The van der Waals surface area contributed by atoms with Gasteiger partial charge in [-0.1, -0.05) is 23.2 Å². The van der Waals surface area contributed by atoms with Crippen molar-refractivity contribution in [3.05, 3.63) is 33.8 Å². The summed E-state index contributed by atoms with van der Waals surface area (Å²) in [6.07, 6.45) is 2.10. The van der Waals surface area contributed by atoms with Gasteiger partial charge in [-0.3, -0.25) is 9.69 Å². The first kappa shape index (κ1) is 13.7. The molecule has 0 heterocycles. The molecule has 0 saturated heterocycles. The number of hydrogen-bond acceptors (Lipinski definition) is 2. The molecule has 1 aromatic rings. The summed E-state index contributed by atoms with van der Waals surface area (Å²) in [6, 6.07) is 5.61. The second kappa shape index (κ2) is 5.47. The Morgan fingerprint density at radius 3 is 2.72 bits per heavy atom. The van der Waals surface area contributed by atoms with Crippen LogP contribution in [0.15, 0.2) is 18.2 Å². The minimum absolute atomic E-state index is 0.0364. The van der Waals surface area contributed by atoms with Gasteiger partial charge in [0.1, 0.15) is 0 Å². The van der Waals surface area contributed by atoms with Gasteiger partial charge in [-0.15, -0.1) is 0 Å². The molecular weight excluding hydrogens is 273 g/mol. The normalized spacial score (nSPS) is 16.9. The maximum absolute atomic E-state index is 10.9. The summed E-state index contributed by atoms with van der Waals surface area (Å²) >= 11 is 12.1. The summed E-state index contributed by atoms with van der Waals surface area (Å²) < 4.78 is 0. The molecule has 1 saturated carbocycles. The van der Waals surface area contributed by atoms with Crippen molar-refractivity contribution in [2.24, 2.45) is 0 Å². The van der Waals surface area contributed by atoms with Crippen LogP contribution in [0.5, 0.6) is 0 Å². The quantitative estimate of drug-likeness (QED) is 0.900. The van der Waals surface area contributed by atoms with Gasteiger partial charge in [0.05, 0.1) is 6.54 Å². The van der Waals surface area contributed by atoms with E-state index in [0.29, 0.717) is 16.1 Å². The van der Waals surface area contributed by atoms with Crippen LogP contribution in [0.1, 0.15) is 31.4 Å². The zero-order chi connectivity index (χ0) is 13.3. The molecule has 0 bridgehead atoms. The molecule has 3 nitrogen and oxygen atoms in total. The molecule has 18 heavy (non-hydrogen) atoms. The molecule has 1 N–H and O–H groups in total. The van der Waals surface area contributed by atoms with E-state index in [9.17, 15) is 4.79 Å². The third kappa shape index (κ3) is 3.16.